The maximum atomic E-state index is 14.8. The van der Waals surface area contributed by atoms with Gasteiger partial charge in [0.1, 0.15) is 34.1 Å². The first-order valence-electron chi connectivity index (χ1n) is 27.7. The van der Waals surface area contributed by atoms with Crippen LogP contribution in [0.3, 0.4) is 0 Å². The zero-order valence-electron chi connectivity index (χ0n) is 48.9. The summed E-state index contributed by atoms with van der Waals surface area (Å²) in [5.74, 6) is -1.02. The molecule has 2 N–H and O–H groups in total. The first-order valence-corrected chi connectivity index (χ1v) is 28.5. The van der Waals surface area contributed by atoms with E-state index in [9.17, 15) is 44.7 Å². The minimum Gasteiger partial charge on any atom is -0.477 e. The third kappa shape index (κ3) is 14.7. The van der Waals surface area contributed by atoms with Gasteiger partial charge in [-0.2, -0.15) is 26.3 Å². The standard InChI is InChI=1S/C26H24F4N6O3.C21H23BF4N2O4.C11H13BrN4O/c1-3-38-24-11-18(36(2)34-24)10-21-31-13-17(14-32-21)15-4-5-16(19(27)8-15)9-23(37)33-22-12-20(39-35-22)25(6-7-25)26(28,29)30;1-18(2)19(3,4)32-22(31-18)13-6-5-12(14(23)10-13)9-17(29)27-16-11-15(30-28-16)20(7-8-20)21(24,25)26;1-3-17-11-5-9(16(2)15-11)4-10-13-6-8(12)7-14-10/h4-5,8,11-14H,3,6-7,9-10H2,1-2H3,(H,33,35,37);5-6,10-11H,7-9H2,1-4H3,(H,27,28,29);5-7H,3-4H2,1-2H3. The molecule has 2 aromatic carbocycles. The van der Waals surface area contributed by atoms with E-state index in [4.69, 9.17) is 27.8 Å². The number of anilines is 2. The lowest BCUT2D eigenvalue weighted by atomic mass is 9.78. The van der Waals surface area contributed by atoms with Crippen LogP contribution in [0.2, 0.25) is 0 Å². The van der Waals surface area contributed by atoms with Crippen molar-refractivity contribution in [1.29, 1.82) is 0 Å². The van der Waals surface area contributed by atoms with Gasteiger partial charge in [-0.25, -0.2) is 28.7 Å². The fraction of sp³-hybridized carbons (Fsp3) is 0.414. The molecule has 0 unspecified atom stereocenters. The summed E-state index contributed by atoms with van der Waals surface area (Å²) < 4.78 is 145. The van der Waals surface area contributed by atoms with E-state index in [0.29, 0.717) is 60.2 Å². The van der Waals surface area contributed by atoms with Gasteiger partial charge in [0, 0.05) is 92.9 Å². The molecular weight excluding hydrogens is 1240 g/mol. The molecule has 2 aliphatic carbocycles. The first kappa shape index (κ1) is 64.4. The van der Waals surface area contributed by atoms with Crippen LogP contribution in [0.1, 0.15) is 113 Å². The van der Waals surface area contributed by atoms with Crippen molar-refractivity contribution < 1.29 is 72.5 Å². The van der Waals surface area contributed by atoms with Crippen LogP contribution in [0.15, 0.2) is 99.0 Å². The summed E-state index contributed by atoms with van der Waals surface area (Å²) in [6.45, 7) is 12.5. The highest BCUT2D eigenvalue weighted by atomic mass is 79.9. The molecule has 3 aliphatic rings. The summed E-state index contributed by atoms with van der Waals surface area (Å²) in [6.07, 6.45) is -2.22. The molecule has 6 aromatic heterocycles. The van der Waals surface area contributed by atoms with Crippen molar-refractivity contribution in [2.24, 2.45) is 14.1 Å². The van der Waals surface area contributed by atoms with Gasteiger partial charge in [-0.3, -0.25) is 19.0 Å². The zero-order valence-corrected chi connectivity index (χ0v) is 50.5. The molecule has 0 radical (unpaired) electrons. The van der Waals surface area contributed by atoms with Gasteiger partial charge in [-0.1, -0.05) is 34.6 Å². The average Bonchev–Trinajstić information content (AvgIpc) is 1.64. The summed E-state index contributed by atoms with van der Waals surface area (Å²) in [5, 5.41) is 20.2. The molecule has 30 heteroatoms. The molecule has 88 heavy (non-hydrogen) atoms. The van der Waals surface area contributed by atoms with Crippen LogP contribution in [0.4, 0.5) is 46.8 Å². The van der Waals surface area contributed by atoms with Crippen LogP contribution in [-0.2, 0) is 69.5 Å². The molecule has 0 spiro atoms. The van der Waals surface area contributed by atoms with E-state index in [1.165, 1.54) is 24.3 Å². The van der Waals surface area contributed by atoms with Crippen LogP contribution < -0.4 is 25.6 Å². The molecule has 7 heterocycles. The zero-order chi connectivity index (χ0) is 63.6. The molecular formula is C58H60BBrF8N12O8. The van der Waals surface area contributed by atoms with E-state index in [1.807, 2.05) is 60.7 Å². The Labute approximate surface area is 507 Å². The van der Waals surface area contributed by atoms with Gasteiger partial charge in [-0.05, 0) is 117 Å². The predicted octanol–water partition coefficient (Wildman–Crippen LogP) is 10.6. The van der Waals surface area contributed by atoms with E-state index < -0.39 is 65.0 Å². The Morgan fingerprint density at radius 1 is 0.614 bits per heavy atom. The quantitative estimate of drug-likeness (QED) is 0.0600. The molecule has 3 fully saturated rings. The number of nitrogens with one attached hydrogen (secondary N) is 2. The van der Waals surface area contributed by atoms with Gasteiger partial charge in [0.25, 0.3) is 0 Å². The number of carbonyl (C=O) groups is 2. The lowest BCUT2D eigenvalue weighted by molar-refractivity contribution is -0.166. The minimum absolute atomic E-state index is 0.0839. The average molecular weight is 1300 g/mol. The van der Waals surface area contributed by atoms with Crippen LogP contribution in [0, 0.1) is 11.6 Å². The summed E-state index contributed by atoms with van der Waals surface area (Å²) >= 11 is 3.31. The Hall–Kier alpha value is -8.12. The molecule has 466 valence electrons. The number of aromatic nitrogens is 10. The Morgan fingerprint density at radius 3 is 1.43 bits per heavy atom. The van der Waals surface area contributed by atoms with Gasteiger partial charge in [0.15, 0.2) is 23.2 Å². The fourth-order valence-electron chi connectivity index (χ4n) is 9.20. The Balaban J connectivity index is 0.000000169. The number of amides is 2. The monoisotopic (exact) mass is 1290 g/mol. The second-order valence-corrected chi connectivity index (χ2v) is 23.0. The van der Waals surface area contributed by atoms with Gasteiger partial charge in [0.05, 0.1) is 41.7 Å². The fourth-order valence-corrected chi connectivity index (χ4v) is 9.41. The Morgan fingerprint density at radius 2 is 1.03 bits per heavy atom. The summed E-state index contributed by atoms with van der Waals surface area (Å²) in [6, 6.07) is 14.5. The molecule has 11 rings (SSSR count). The van der Waals surface area contributed by atoms with E-state index in [0.717, 1.165) is 33.8 Å². The molecule has 1 saturated heterocycles. The smallest absolute Gasteiger partial charge is 0.477 e. The highest BCUT2D eigenvalue weighted by Crippen LogP contribution is 2.60. The van der Waals surface area contributed by atoms with Crippen molar-refractivity contribution in [2.75, 3.05) is 23.8 Å². The SMILES string of the molecule is CC1(C)OB(c2ccc(CC(=O)Nc3cc(C4(C(F)(F)F)CC4)on3)c(F)c2)OC1(C)C.CCOc1cc(Cc2ncc(-c3ccc(CC(=O)Nc4cc(C5(C(F)(F)F)CC5)on4)c(F)c3)cn2)n(C)n1.CCOc1cc(Cc2ncc(Br)cn2)n(C)n1. The lowest BCUT2D eigenvalue weighted by Gasteiger charge is -2.32. The Kier molecular flexibility index (Phi) is 18.7. The largest absolute Gasteiger partial charge is 0.494 e. The van der Waals surface area contributed by atoms with Crippen LogP contribution in [0.5, 0.6) is 11.8 Å². The third-order valence-electron chi connectivity index (χ3n) is 15.3. The van der Waals surface area contributed by atoms with Crippen molar-refractivity contribution in [3.63, 3.8) is 0 Å². The predicted molar refractivity (Wildman–Crippen MR) is 305 cm³/mol. The second-order valence-electron chi connectivity index (χ2n) is 22.1. The number of aryl methyl sites for hydroxylation is 2. The molecule has 2 saturated carbocycles. The van der Waals surface area contributed by atoms with Crippen molar-refractivity contribution in [3.05, 3.63) is 147 Å². The van der Waals surface area contributed by atoms with E-state index >= 15 is 0 Å². The van der Waals surface area contributed by atoms with E-state index in [2.05, 4.69) is 67.0 Å². The minimum atomic E-state index is -4.46. The van der Waals surface area contributed by atoms with Gasteiger partial charge in [0.2, 0.25) is 23.6 Å². The van der Waals surface area contributed by atoms with Gasteiger partial charge < -0.3 is 38.5 Å². The summed E-state index contributed by atoms with van der Waals surface area (Å²) in [7, 11) is 2.95. The summed E-state index contributed by atoms with van der Waals surface area (Å²) in [4.78, 5) is 41.9. The van der Waals surface area contributed by atoms with Gasteiger partial charge in [-0.15, -0.1) is 10.2 Å². The van der Waals surface area contributed by atoms with Crippen molar-refractivity contribution in [1.82, 2.24) is 49.8 Å². The Bertz CT molecular complexity index is 3750. The number of alkyl halides is 6. The number of ether oxygens (including phenoxy) is 2. The molecule has 2 amide bonds. The number of hydrogen-bond acceptors (Lipinski definition) is 16. The second kappa shape index (κ2) is 25.5. The van der Waals surface area contributed by atoms with Crippen molar-refractivity contribution >= 4 is 52.0 Å². The maximum absolute atomic E-state index is 14.8. The molecule has 20 nitrogen and oxygen atoms in total. The first-order chi connectivity index (χ1) is 41.5. The molecule has 0 atom stereocenters. The van der Waals surface area contributed by atoms with Crippen molar-refractivity contribution in [3.8, 4) is 22.9 Å². The number of nitrogens with zero attached hydrogens (tertiary/aromatic N) is 10. The lowest BCUT2D eigenvalue weighted by Crippen LogP contribution is -2.41. The van der Waals surface area contributed by atoms with E-state index in [1.54, 1.807) is 53.3 Å². The maximum Gasteiger partial charge on any atom is 0.494 e. The third-order valence-corrected chi connectivity index (χ3v) is 15.7. The van der Waals surface area contributed by atoms with Gasteiger partial charge >= 0.3 is 19.5 Å². The highest BCUT2D eigenvalue weighted by molar-refractivity contribution is 9.10. The van der Waals surface area contributed by atoms with E-state index in [-0.39, 0.29) is 72.8 Å². The molecule has 8 aromatic rings. The number of rotatable bonds is 18. The van der Waals surface area contributed by atoms with Crippen LogP contribution in [0.25, 0.3) is 11.1 Å². The van der Waals surface area contributed by atoms with Crippen LogP contribution >= 0.6 is 15.9 Å². The number of benzene rings is 2. The highest BCUT2D eigenvalue weighted by Gasteiger charge is 2.68. The summed E-state index contributed by atoms with van der Waals surface area (Å²) in [5.41, 5.74) is -1.53. The van der Waals surface area contributed by atoms with Crippen LogP contribution in [-0.4, -0.2) is 106 Å². The van der Waals surface area contributed by atoms with Crippen molar-refractivity contribution in [2.45, 2.75) is 127 Å². The molecule has 1 aliphatic heterocycles. The topological polar surface area (TPSA) is 234 Å². The number of halogens is 9. The normalized spacial score (nSPS) is 16.0. The number of carbonyl (C=O) groups excluding carboxylic acids is 2. The molecule has 0 bridgehead atoms. The number of hydrogen-bond donors (Lipinski definition) is 2.